The van der Waals surface area contributed by atoms with Crippen LogP contribution in [0, 0.1) is 6.92 Å². The fraction of sp³-hybridized carbons (Fsp3) is 0.700. The average Bonchev–Trinajstić information content (AvgIpc) is 2.37. The van der Waals surface area contributed by atoms with Crippen LogP contribution < -0.4 is 4.57 Å². The van der Waals surface area contributed by atoms with E-state index in [1.165, 1.54) is 5.82 Å². The summed E-state index contributed by atoms with van der Waals surface area (Å²) in [5.41, 5.74) is 0. The Bertz CT molecular complexity index is 268. The summed E-state index contributed by atoms with van der Waals surface area (Å²) in [6.45, 7) is 4.85. The predicted molar refractivity (Wildman–Crippen MR) is 51.3 cm³/mol. The van der Waals surface area contributed by atoms with E-state index < -0.39 is 0 Å². The molecule has 0 aliphatic rings. The van der Waals surface area contributed by atoms with Gasteiger partial charge in [-0.15, -0.1) is 0 Å². The third-order valence-electron chi connectivity index (χ3n) is 2.43. The topological polar surface area (TPSA) is 29.0 Å². The van der Waals surface area contributed by atoms with Gasteiger partial charge in [0.1, 0.15) is 18.9 Å². The van der Waals surface area contributed by atoms with Gasteiger partial charge >= 0.3 is 0 Å². The van der Waals surface area contributed by atoms with Crippen LogP contribution in [0.3, 0.4) is 0 Å². The zero-order valence-corrected chi connectivity index (χ0v) is 8.70. The van der Waals surface area contributed by atoms with Crippen LogP contribution in [0.5, 0.6) is 0 Å². The van der Waals surface area contributed by atoms with Crippen molar-refractivity contribution in [1.82, 2.24) is 4.57 Å². The Morgan fingerprint density at radius 3 is 2.77 bits per heavy atom. The zero-order chi connectivity index (χ0) is 9.84. The second-order valence-corrected chi connectivity index (χ2v) is 3.55. The molecule has 0 saturated heterocycles. The van der Waals surface area contributed by atoms with Gasteiger partial charge in [-0.3, -0.25) is 0 Å². The lowest BCUT2D eigenvalue weighted by molar-refractivity contribution is -0.709. The molecule has 1 aromatic heterocycles. The van der Waals surface area contributed by atoms with Gasteiger partial charge in [-0.05, 0) is 6.42 Å². The van der Waals surface area contributed by atoms with Crippen molar-refractivity contribution in [2.75, 3.05) is 0 Å². The number of aliphatic hydroxyl groups excluding tert-OH is 1. The summed E-state index contributed by atoms with van der Waals surface area (Å²) < 4.78 is 4.14. The molecule has 0 spiro atoms. The standard InChI is InChI=1S/C10H19N2O/c1-4-5-10(13)8-12-7-6-11(3)9(12)2/h6-7,10,13H,4-5,8H2,1-3H3/q+1. The van der Waals surface area contributed by atoms with Crippen molar-refractivity contribution in [2.24, 2.45) is 7.05 Å². The van der Waals surface area contributed by atoms with E-state index in [0.29, 0.717) is 6.54 Å². The highest BCUT2D eigenvalue weighted by Gasteiger charge is 2.12. The molecule has 0 fully saturated rings. The molecule has 1 aromatic rings. The van der Waals surface area contributed by atoms with Gasteiger partial charge in [-0.25, -0.2) is 9.13 Å². The summed E-state index contributed by atoms with van der Waals surface area (Å²) in [6, 6.07) is 0. The van der Waals surface area contributed by atoms with E-state index in [4.69, 9.17) is 0 Å². The van der Waals surface area contributed by atoms with Gasteiger partial charge in [-0.2, -0.15) is 0 Å². The van der Waals surface area contributed by atoms with E-state index in [-0.39, 0.29) is 6.10 Å². The smallest absolute Gasteiger partial charge is 0.253 e. The molecule has 0 saturated carbocycles. The summed E-state index contributed by atoms with van der Waals surface area (Å²) in [4.78, 5) is 0. The molecule has 0 amide bonds. The van der Waals surface area contributed by atoms with Gasteiger partial charge in [0, 0.05) is 6.92 Å². The first-order chi connectivity index (χ1) is 6.15. The molecule has 3 nitrogen and oxygen atoms in total. The van der Waals surface area contributed by atoms with E-state index in [0.717, 1.165) is 12.8 Å². The maximum absolute atomic E-state index is 9.61. The van der Waals surface area contributed by atoms with Crippen LogP contribution in [-0.2, 0) is 13.6 Å². The van der Waals surface area contributed by atoms with Crippen molar-refractivity contribution < 1.29 is 9.67 Å². The molecule has 3 heteroatoms. The first-order valence-electron chi connectivity index (χ1n) is 4.84. The van der Waals surface area contributed by atoms with Crippen molar-refractivity contribution in [3.05, 3.63) is 18.2 Å². The van der Waals surface area contributed by atoms with Crippen molar-refractivity contribution in [1.29, 1.82) is 0 Å². The van der Waals surface area contributed by atoms with Gasteiger partial charge in [0.15, 0.2) is 0 Å². The molecule has 1 unspecified atom stereocenters. The quantitative estimate of drug-likeness (QED) is 0.687. The van der Waals surface area contributed by atoms with Crippen LogP contribution in [-0.4, -0.2) is 15.8 Å². The predicted octanol–water partition coefficient (Wildman–Crippen LogP) is 0.782. The van der Waals surface area contributed by atoms with Gasteiger partial charge in [0.05, 0.1) is 13.2 Å². The molecule has 1 N–H and O–H groups in total. The fourth-order valence-corrected chi connectivity index (χ4v) is 1.44. The second-order valence-electron chi connectivity index (χ2n) is 3.55. The minimum absolute atomic E-state index is 0.212. The molecule has 1 atom stereocenters. The number of hydrogen-bond donors (Lipinski definition) is 1. The summed E-state index contributed by atoms with van der Waals surface area (Å²) in [6.07, 6.45) is 5.72. The number of rotatable bonds is 4. The Labute approximate surface area is 79.6 Å². The average molecular weight is 183 g/mol. The lowest BCUT2D eigenvalue weighted by atomic mass is 10.2. The Balaban J connectivity index is 2.58. The third-order valence-corrected chi connectivity index (χ3v) is 2.43. The Morgan fingerprint density at radius 2 is 2.31 bits per heavy atom. The SMILES string of the molecule is CCCC(O)C[n+]1ccn(C)c1C. The molecular formula is C10H19N2O+. The van der Waals surface area contributed by atoms with E-state index in [2.05, 4.69) is 23.0 Å². The molecule has 0 aromatic carbocycles. The maximum atomic E-state index is 9.61. The number of imidazole rings is 1. The lowest BCUT2D eigenvalue weighted by Crippen LogP contribution is -2.41. The van der Waals surface area contributed by atoms with E-state index >= 15 is 0 Å². The Hall–Kier alpha value is -0.830. The fourth-order valence-electron chi connectivity index (χ4n) is 1.44. The maximum Gasteiger partial charge on any atom is 0.253 e. The first kappa shape index (κ1) is 10.3. The summed E-state index contributed by atoms with van der Waals surface area (Å²) >= 11 is 0. The lowest BCUT2D eigenvalue weighted by Gasteiger charge is -2.06. The largest absolute Gasteiger partial charge is 0.389 e. The van der Waals surface area contributed by atoms with Crippen LogP contribution in [0.1, 0.15) is 25.6 Å². The number of aryl methyl sites for hydroxylation is 1. The van der Waals surface area contributed by atoms with Gasteiger partial charge in [0.25, 0.3) is 5.82 Å². The Kier molecular flexibility index (Phi) is 3.48. The summed E-state index contributed by atoms with van der Waals surface area (Å²) in [7, 11) is 2.01. The summed E-state index contributed by atoms with van der Waals surface area (Å²) in [5, 5.41) is 9.61. The molecular weight excluding hydrogens is 164 g/mol. The molecule has 13 heavy (non-hydrogen) atoms. The van der Waals surface area contributed by atoms with Crippen molar-refractivity contribution in [3.8, 4) is 0 Å². The van der Waals surface area contributed by atoms with Gasteiger partial charge in [0.2, 0.25) is 0 Å². The highest BCUT2D eigenvalue weighted by Crippen LogP contribution is 1.97. The normalized spacial score (nSPS) is 13.2. The van der Waals surface area contributed by atoms with Crippen LogP contribution in [0.2, 0.25) is 0 Å². The van der Waals surface area contributed by atoms with E-state index in [9.17, 15) is 5.11 Å². The second kappa shape index (κ2) is 4.42. The molecule has 0 aliphatic carbocycles. The van der Waals surface area contributed by atoms with Crippen LogP contribution in [0.4, 0.5) is 0 Å². The number of hydrogen-bond acceptors (Lipinski definition) is 1. The molecule has 0 bridgehead atoms. The van der Waals surface area contributed by atoms with E-state index in [1.54, 1.807) is 0 Å². The third kappa shape index (κ3) is 2.56. The number of aliphatic hydroxyl groups is 1. The van der Waals surface area contributed by atoms with Crippen molar-refractivity contribution in [2.45, 2.75) is 39.3 Å². The van der Waals surface area contributed by atoms with Crippen LogP contribution in [0.15, 0.2) is 12.4 Å². The van der Waals surface area contributed by atoms with Crippen LogP contribution in [0.25, 0.3) is 0 Å². The zero-order valence-electron chi connectivity index (χ0n) is 8.70. The molecule has 1 rings (SSSR count). The first-order valence-corrected chi connectivity index (χ1v) is 4.84. The number of aromatic nitrogens is 2. The minimum Gasteiger partial charge on any atom is -0.389 e. The van der Waals surface area contributed by atoms with Gasteiger partial charge < -0.3 is 5.11 Å². The van der Waals surface area contributed by atoms with Gasteiger partial charge in [-0.1, -0.05) is 13.3 Å². The van der Waals surface area contributed by atoms with Crippen LogP contribution >= 0.6 is 0 Å². The monoisotopic (exact) mass is 183 g/mol. The highest BCUT2D eigenvalue weighted by atomic mass is 16.3. The number of nitrogens with zero attached hydrogens (tertiary/aromatic N) is 2. The molecule has 0 aliphatic heterocycles. The van der Waals surface area contributed by atoms with Crippen molar-refractivity contribution in [3.63, 3.8) is 0 Å². The van der Waals surface area contributed by atoms with E-state index in [1.807, 2.05) is 19.4 Å². The molecule has 1 heterocycles. The summed E-state index contributed by atoms with van der Waals surface area (Å²) in [5.74, 6) is 1.18. The Morgan fingerprint density at radius 1 is 1.62 bits per heavy atom. The molecule has 0 radical (unpaired) electrons. The minimum atomic E-state index is -0.212. The van der Waals surface area contributed by atoms with Crippen molar-refractivity contribution >= 4 is 0 Å². The molecule has 74 valence electrons. The highest BCUT2D eigenvalue weighted by molar-refractivity contribution is 4.76.